The van der Waals surface area contributed by atoms with Gasteiger partial charge in [0, 0.05) is 17.1 Å². The molecule has 0 aliphatic heterocycles. The molecule has 0 unspecified atom stereocenters. The fourth-order valence-electron chi connectivity index (χ4n) is 4.56. The largest absolute Gasteiger partial charge is 0.256 e. The van der Waals surface area contributed by atoms with E-state index in [1.807, 2.05) is 12.3 Å². The first-order valence-corrected chi connectivity index (χ1v) is 10.4. The summed E-state index contributed by atoms with van der Waals surface area (Å²) in [6.07, 6.45) is 8.77. The minimum Gasteiger partial charge on any atom is -0.256 e. The molecule has 3 aromatic carbocycles. The van der Waals surface area contributed by atoms with Crippen molar-refractivity contribution in [3.63, 3.8) is 0 Å². The highest BCUT2D eigenvalue weighted by Crippen LogP contribution is 2.35. The fourth-order valence-corrected chi connectivity index (χ4v) is 4.56. The number of hydrogen-bond acceptors (Lipinski definition) is 1. The summed E-state index contributed by atoms with van der Waals surface area (Å²) in [6.45, 7) is 0. The first-order chi connectivity index (χ1) is 13.9. The maximum atomic E-state index is 4.69. The summed E-state index contributed by atoms with van der Waals surface area (Å²) in [7, 11) is 0. The zero-order valence-corrected chi connectivity index (χ0v) is 16.1. The third kappa shape index (κ3) is 3.33. The van der Waals surface area contributed by atoms with Gasteiger partial charge in [0.25, 0.3) is 0 Å². The van der Waals surface area contributed by atoms with E-state index in [2.05, 4.69) is 77.8 Å². The van der Waals surface area contributed by atoms with Crippen molar-refractivity contribution in [2.75, 3.05) is 0 Å². The molecule has 0 saturated heterocycles. The number of nitrogens with zero attached hydrogens (tertiary/aromatic N) is 1. The van der Waals surface area contributed by atoms with Gasteiger partial charge in [0.2, 0.25) is 0 Å². The first-order valence-electron chi connectivity index (χ1n) is 10.4. The standard InChI is InChI=1S/C27H25N/c1-3-7-20(8-4-1)21-11-13-22(14-12-21)25-16-15-23-17-18-28-27(26(23)19-25)24-9-5-2-6-10-24/h2,5-6,9-20H,1,3-4,7-8H2. The molecule has 0 N–H and O–H groups in total. The summed E-state index contributed by atoms with van der Waals surface area (Å²) in [5.41, 5.74) is 6.27. The smallest absolute Gasteiger partial charge is 0.0780 e. The highest BCUT2D eigenvalue weighted by atomic mass is 14.7. The Morgan fingerprint density at radius 3 is 2.18 bits per heavy atom. The summed E-state index contributed by atoms with van der Waals surface area (Å²) in [5, 5.41) is 2.44. The summed E-state index contributed by atoms with van der Waals surface area (Å²) in [4.78, 5) is 4.69. The van der Waals surface area contributed by atoms with Gasteiger partial charge in [-0.3, -0.25) is 4.98 Å². The molecule has 4 aromatic rings. The molecular formula is C27H25N. The molecule has 1 nitrogen and oxygen atoms in total. The van der Waals surface area contributed by atoms with Crippen LogP contribution in [-0.4, -0.2) is 4.98 Å². The molecule has 0 radical (unpaired) electrons. The fraction of sp³-hybridized carbons (Fsp3) is 0.222. The molecular weight excluding hydrogens is 338 g/mol. The number of hydrogen-bond donors (Lipinski definition) is 0. The molecule has 0 spiro atoms. The van der Waals surface area contributed by atoms with Gasteiger partial charge in [0.05, 0.1) is 5.69 Å². The van der Waals surface area contributed by atoms with Crippen LogP contribution in [0.2, 0.25) is 0 Å². The number of rotatable bonds is 3. The topological polar surface area (TPSA) is 12.9 Å². The van der Waals surface area contributed by atoms with Gasteiger partial charge in [-0.2, -0.15) is 0 Å². The van der Waals surface area contributed by atoms with Crippen molar-refractivity contribution in [3.8, 4) is 22.4 Å². The number of fused-ring (bicyclic) bond motifs is 1. The molecule has 1 saturated carbocycles. The van der Waals surface area contributed by atoms with Gasteiger partial charge < -0.3 is 0 Å². The van der Waals surface area contributed by atoms with E-state index < -0.39 is 0 Å². The first kappa shape index (κ1) is 17.2. The Morgan fingerprint density at radius 2 is 1.39 bits per heavy atom. The van der Waals surface area contributed by atoms with Crippen LogP contribution >= 0.6 is 0 Å². The van der Waals surface area contributed by atoms with Crippen molar-refractivity contribution in [1.82, 2.24) is 4.98 Å². The Bertz CT molecular complexity index is 1070. The summed E-state index contributed by atoms with van der Waals surface area (Å²) in [6, 6.07) is 28.6. The van der Waals surface area contributed by atoms with E-state index in [-0.39, 0.29) is 0 Å². The second-order valence-electron chi connectivity index (χ2n) is 7.92. The lowest BCUT2D eigenvalue weighted by Crippen LogP contribution is -2.04. The Morgan fingerprint density at radius 1 is 0.643 bits per heavy atom. The van der Waals surface area contributed by atoms with E-state index in [1.165, 1.54) is 59.6 Å². The number of pyridine rings is 1. The van der Waals surface area contributed by atoms with Crippen LogP contribution in [0.15, 0.2) is 85.1 Å². The predicted octanol–water partition coefficient (Wildman–Crippen LogP) is 7.62. The SMILES string of the molecule is c1ccc(-c2nccc3ccc(-c4ccc(C5CCCCC5)cc4)cc23)cc1. The lowest BCUT2D eigenvalue weighted by Gasteiger charge is -2.22. The zero-order valence-electron chi connectivity index (χ0n) is 16.1. The van der Waals surface area contributed by atoms with Crippen LogP contribution in [0, 0.1) is 0 Å². The second kappa shape index (κ2) is 7.59. The van der Waals surface area contributed by atoms with Gasteiger partial charge in [-0.15, -0.1) is 0 Å². The molecule has 1 aliphatic carbocycles. The van der Waals surface area contributed by atoms with E-state index in [0.29, 0.717) is 0 Å². The molecule has 5 rings (SSSR count). The van der Waals surface area contributed by atoms with Crippen molar-refractivity contribution in [2.45, 2.75) is 38.0 Å². The van der Waals surface area contributed by atoms with Crippen molar-refractivity contribution < 1.29 is 0 Å². The molecule has 0 amide bonds. The summed E-state index contributed by atoms with van der Waals surface area (Å²) >= 11 is 0. The van der Waals surface area contributed by atoms with E-state index in [1.54, 1.807) is 0 Å². The Hall–Kier alpha value is -2.93. The van der Waals surface area contributed by atoms with Crippen molar-refractivity contribution in [3.05, 3.63) is 90.6 Å². The van der Waals surface area contributed by atoms with E-state index in [4.69, 9.17) is 0 Å². The molecule has 1 aromatic heterocycles. The maximum Gasteiger partial charge on any atom is 0.0780 e. The van der Waals surface area contributed by atoms with Gasteiger partial charge in [-0.05, 0) is 53.0 Å². The zero-order chi connectivity index (χ0) is 18.8. The molecule has 0 atom stereocenters. The molecule has 138 valence electrons. The highest BCUT2D eigenvalue weighted by molar-refractivity contribution is 5.97. The Labute approximate surface area is 167 Å². The molecule has 1 aliphatic rings. The highest BCUT2D eigenvalue weighted by Gasteiger charge is 2.15. The van der Waals surface area contributed by atoms with Crippen LogP contribution in [0.1, 0.15) is 43.6 Å². The van der Waals surface area contributed by atoms with Crippen molar-refractivity contribution in [1.29, 1.82) is 0 Å². The molecule has 1 heterocycles. The minimum atomic E-state index is 0.758. The third-order valence-electron chi connectivity index (χ3n) is 6.13. The monoisotopic (exact) mass is 363 g/mol. The quantitative estimate of drug-likeness (QED) is 0.365. The van der Waals surface area contributed by atoms with Crippen LogP contribution in [0.3, 0.4) is 0 Å². The lowest BCUT2D eigenvalue weighted by molar-refractivity contribution is 0.443. The van der Waals surface area contributed by atoms with Gasteiger partial charge in [-0.1, -0.05) is 86.0 Å². The number of aromatic nitrogens is 1. The Balaban J connectivity index is 1.52. The minimum absolute atomic E-state index is 0.758. The third-order valence-corrected chi connectivity index (χ3v) is 6.13. The van der Waals surface area contributed by atoms with Gasteiger partial charge in [-0.25, -0.2) is 0 Å². The average Bonchev–Trinajstić information content (AvgIpc) is 2.79. The van der Waals surface area contributed by atoms with Crippen LogP contribution in [0.25, 0.3) is 33.2 Å². The summed E-state index contributed by atoms with van der Waals surface area (Å²) < 4.78 is 0. The normalized spacial score (nSPS) is 15.0. The second-order valence-corrected chi connectivity index (χ2v) is 7.92. The van der Waals surface area contributed by atoms with E-state index in [0.717, 1.165) is 17.2 Å². The summed E-state index contributed by atoms with van der Waals surface area (Å²) in [5.74, 6) is 0.758. The molecule has 0 bridgehead atoms. The van der Waals surface area contributed by atoms with Gasteiger partial charge in [0.1, 0.15) is 0 Å². The van der Waals surface area contributed by atoms with Crippen molar-refractivity contribution >= 4 is 10.8 Å². The van der Waals surface area contributed by atoms with Gasteiger partial charge >= 0.3 is 0 Å². The molecule has 1 heteroatoms. The lowest BCUT2D eigenvalue weighted by atomic mass is 9.83. The van der Waals surface area contributed by atoms with E-state index >= 15 is 0 Å². The van der Waals surface area contributed by atoms with Crippen LogP contribution in [0.4, 0.5) is 0 Å². The van der Waals surface area contributed by atoms with Crippen LogP contribution in [-0.2, 0) is 0 Å². The van der Waals surface area contributed by atoms with E-state index in [9.17, 15) is 0 Å². The predicted molar refractivity (Wildman–Crippen MR) is 118 cm³/mol. The Kier molecular flexibility index (Phi) is 4.66. The molecule has 28 heavy (non-hydrogen) atoms. The van der Waals surface area contributed by atoms with Gasteiger partial charge in [0.15, 0.2) is 0 Å². The average molecular weight is 364 g/mol. The van der Waals surface area contributed by atoms with Crippen molar-refractivity contribution in [2.24, 2.45) is 0 Å². The van der Waals surface area contributed by atoms with Crippen LogP contribution < -0.4 is 0 Å². The van der Waals surface area contributed by atoms with Crippen LogP contribution in [0.5, 0.6) is 0 Å². The maximum absolute atomic E-state index is 4.69. The number of benzene rings is 3. The molecule has 1 fully saturated rings.